The van der Waals surface area contributed by atoms with Crippen molar-refractivity contribution in [2.45, 2.75) is 26.4 Å². The van der Waals surface area contributed by atoms with Crippen LogP contribution in [0.15, 0.2) is 24.3 Å². The number of aliphatic carboxylic acids is 1. The van der Waals surface area contributed by atoms with Gasteiger partial charge in [-0.2, -0.15) is 0 Å². The number of nitrogens with one attached hydrogen (secondary N) is 1. The highest BCUT2D eigenvalue weighted by atomic mass is 19.1. The summed E-state index contributed by atoms with van der Waals surface area (Å²) < 4.78 is 12.8. The first kappa shape index (κ1) is 15.9. The van der Waals surface area contributed by atoms with Crippen molar-refractivity contribution in [1.29, 1.82) is 0 Å². The standard InChI is InChI=1S/C14H19FN2O3/c1-9(2)12(13(18)19)16-14(20)17(3)8-10-4-6-11(15)7-5-10/h4-7,9,12H,8H2,1-3H3,(H,16,20)(H,18,19)/t12-/m0/s1. The topological polar surface area (TPSA) is 69.6 Å². The third-order valence-electron chi connectivity index (χ3n) is 2.89. The molecule has 6 heteroatoms. The average molecular weight is 282 g/mol. The Hall–Kier alpha value is -2.11. The summed E-state index contributed by atoms with van der Waals surface area (Å²) in [6.45, 7) is 3.72. The molecule has 0 saturated carbocycles. The number of benzene rings is 1. The number of urea groups is 1. The number of rotatable bonds is 5. The fraction of sp³-hybridized carbons (Fsp3) is 0.429. The van der Waals surface area contributed by atoms with Crippen molar-refractivity contribution < 1.29 is 19.1 Å². The van der Waals surface area contributed by atoms with Crippen molar-refractivity contribution in [2.24, 2.45) is 5.92 Å². The van der Waals surface area contributed by atoms with Crippen LogP contribution in [0.3, 0.4) is 0 Å². The first-order valence-electron chi connectivity index (χ1n) is 6.30. The van der Waals surface area contributed by atoms with Crippen LogP contribution >= 0.6 is 0 Å². The molecule has 0 aromatic heterocycles. The van der Waals surface area contributed by atoms with Crippen molar-refractivity contribution in [3.05, 3.63) is 35.6 Å². The normalized spacial score (nSPS) is 12.1. The summed E-state index contributed by atoms with van der Waals surface area (Å²) >= 11 is 0. The Balaban J connectivity index is 2.62. The van der Waals surface area contributed by atoms with E-state index in [2.05, 4.69) is 5.32 Å². The zero-order valence-electron chi connectivity index (χ0n) is 11.8. The SMILES string of the molecule is CC(C)[C@H](NC(=O)N(C)Cc1ccc(F)cc1)C(=O)O. The molecule has 110 valence electrons. The van der Waals surface area contributed by atoms with Crippen molar-refractivity contribution in [3.63, 3.8) is 0 Å². The maximum absolute atomic E-state index is 12.8. The summed E-state index contributed by atoms with van der Waals surface area (Å²) in [6, 6.07) is 4.38. The third-order valence-corrected chi connectivity index (χ3v) is 2.89. The van der Waals surface area contributed by atoms with E-state index in [1.165, 1.54) is 17.0 Å². The van der Waals surface area contributed by atoms with Gasteiger partial charge in [0.1, 0.15) is 11.9 Å². The Kier molecular flexibility index (Phi) is 5.49. The fourth-order valence-electron chi connectivity index (χ4n) is 1.69. The molecule has 2 N–H and O–H groups in total. The summed E-state index contributed by atoms with van der Waals surface area (Å²) in [6.07, 6.45) is 0. The molecule has 0 unspecified atom stereocenters. The molecule has 1 aromatic rings. The molecule has 5 nitrogen and oxygen atoms in total. The zero-order valence-corrected chi connectivity index (χ0v) is 11.8. The van der Waals surface area contributed by atoms with Crippen LogP contribution in [0.2, 0.25) is 0 Å². The molecule has 0 aliphatic rings. The van der Waals surface area contributed by atoms with Crippen LogP contribution in [0.1, 0.15) is 19.4 Å². The molecule has 0 fully saturated rings. The molecule has 1 atom stereocenters. The van der Waals surface area contributed by atoms with Crippen molar-refractivity contribution in [1.82, 2.24) is 10.2 Å². The zero-order chi connectivity index (χ0) is 15.3. The molecule has 1 aromatic carbocycles. The number of carbonyl (C=O) groups is 2. The van der Waals surface area contributed by atoms with Gasteiger partial charge in [-0.25, -0.2) is 14.0 Å². The minimum absolute atomic E-state index is 0.212. The second-order valence-electron chi connectivity index (χ2n) is 4.99. The fourth-order valence-corrected chi connectivity index (χ4v) is 1.69. The molecular formula is C14H19FN2O3. The van der Waals surface area contributed by atoms with Gasteiger partial charge in [0.05, 0.1) is 0 Å². The highest BCUT2D eigenvalue weighted by Gasteiger charge is 2.24. The van der Waals surface area contributed by atoms with E-state index in [1.54, 1.807) is 33.0 Å². The largest absolute Gasteiger partial charge is 0.480 e. The van der Waals surface area contributed by atoms with Crippen LogP contribution in [0.5, 0.6) is 0 Å². The summed E-state index contributed by atoms with van der Waals surface area (Å²) in [4.78, 5) is 24.3. The van der Waals surface area contributed by atoms with E-state index in [0.717, 1.165) is 5.56 Å². The van der Waals surface area contributed by atoms with E-state index in [9.17, 15) is 14.0 Å². The highest BCUT2D eigenvalue weighted by Crippen LogP contribution is 2.07. The van der Waals surface area contributed by atoms with Gasteiger partial charge in [-0.15, -0.1) is 0 Å². The third kappa shape index (κ3) is 4.53. The van der Waals surface area contributed by atoms with Gasteiger partial charge in [0.25, 0.3) is 0 Å². The maximum atomic E-state index is 12.8. The lowest BCUT2D eigenvalue weighted by atomic mass is 10.1. The van der Waals surface area contributed by atoms with Crippen molar-refractivity contribution in [3.8, 4) is 0 Å². The molecular weight excluding hydrogens is 263 g/mol. The lowest BCUT2D eigenvalue weighted by Gasteiger charge is -2.23. The predicted octanol–water partition coefficient (Wildman–Crippen LogP) is 2.08. The predicted molar refractivity (Wildman–Crippen MR) is 72.7 cm³/mol. The number of carboxylic acids is 1. The van der Waals surface area contributed by atoms with Gasteiger partial charge >= 0.3 is 12.0 Å². The van der Waals surface area contributed by atoms with E-state index in [-0.39, 0.29) is 18.3 Å². The van der Waals surface area contributed by atoms with E-state index in [4.69, 9.17) is 5.11 Å². The molecule has 2 amide bonds. The van der Waals surface area contributed by atoms with E-state index < -0.39 is 18.0 Å². The van der Waals surface area contributed by atoms with Gasteiger partial charge in [0.15, 0.2) is 0 Å². The smallest absolute Gasteiger partial charge is 0.326 e. The molecule has 0 spiro atoms. The first-order chi connectivity index (χ1) is 9.31. The molecule has 0 aliphatic heterocycles. The Bertz CT molecular complexity index is 474. The number of hydrogen-bond acceptors (Lipinski definition) is 2. The van der Waals surface area contributed by atoms with Gasteiger partial charge in [-0.1, -0.05) is 26.0 Å². The average Bonchev–Trinajstić information content (AvgIpc) is 2.37. The lowest BCUT2D eigenvalue weighted by molar-refractivity contribution is -0.140. The summed E-state index contributed by atoms with van der Waals surface area (Å²) in [5, 5.41) is 11.5. The Labute approximate surface area is 117 Å². The molecule has 0 saturated heterocycles. The quantitative estimate of drug-likeness (QED) is 0.868. The van der Waals surface area contributed by atoms with E-state index in [0.29, 0.717) is 0 Å². The Morgan fingerprint density at radius 1 is 1.30 bits per heavy atom. The van der Waals surface area contributed by atoms with Crippen LogP contribution in [0.25, 0.3) is 0 Å². The van der Waals surface area contributed by atoms with Crippen molar-refractivity contribution >= 4 is 12.0 Å². The number of nitrogens with zero attached hydrogens (tertiary/aromatic N) is 1. The van der Waals surface area contributed by atoms with Crippen LogP contribution in [-0.4, -0.2) is 35.1 Å². The van der Waals surface area contributed by atoms with E-state index >= 15 is 0 Å². The van der Waals surface area contributed by atoms with Crippen LogP contribution in [0, 0.1) is 11.7 Å². The molecule has 1 rings (SSSR count). The van der Waals surface area contributed by atoms with Gasteiger partial charge < -0.3 is 15.3 Å². The Morgan fingerprint density at radius 3 is 2.30 bits per heavy atom. The van der Waals surface area contributed by atoms with Gasteiger partial charge in [-0.3, -0.25) is 0 Å². The van der Waals surface area contributed by atoms with E-state index in [1.807, 2.05) is 0 Å². The second-order valence-corrected chi connectivity index (χ2v) is 4.99. The number of hydrogen-bond donors (Lipinski definition) is 2. The molecule has 0 aliphatic carbocycles. The number of carboxylic acid groups (broad SMARTS) is 1. The highest BCUT2D eigenvalue weighted by molar-refractivity contribution is 5.82. The summed E-state index contributed by atoms with van der Waals surface area (Å²) in [5.41, 5.74) is 0.764. The number of amides is 2. The van der Waals surface area contributed by atoms with Gasteiger partial charge in [0, 0.05) is 13.6 Å². The molecule has 0 radical (unpaired) electrons. The van der Waals surface area contributed by atoms with Gasteiger partial charge in [-0.05, 0) is 23.6 Å². The minimum Gasteiger partial charge on any atom is -0.480 e. The minimum atomic E-state index is -1.07. The second kappa shape index (κ2) is 6.88. The molecule has 0 bridgehead atoms. The molecule has 0 heterocycles. The maximum Gasteiger partial charge on any atom is 0.326 e. The van der Waals surface area contributed by atoms with Crippen LogP contribution in [-0.2, 0) is 11.3 Å². The Morgan fingerprint density at radius 2 is 1.85 bits per heavy atom. The molecule has 20 heavy (non-hydrogen) atoms. The lowest BCUT2D eigenvalue weighted by Crippen LogP contribution is -2.48. The summed E-state index contributed by atoms with van der Waals surface area (Å²) in [7, 11) is 1.55. The number of halogens is 1. The monoisotopic (exact) mass is 282 g/mol. The summed E-state index contributed by atoms with van der Waals surface area (Å²) in [5.74, 6) is -1.62. The van der Waals surface area contributed by atoms with Gasteiger partial charge in [0.2, 0.25) is 0 Å². The van der Waals surface area contributed by atoms with Crippen LogP contribution in [0.4, 0.5) is 9.18 Å². The first-order valence-corrected chi connectivity index (χ1v) is 6.30. The van der Waals surface area contributed by atoms with Crippen LogP contribution < -0.4 is 5.32 Å². The number of carbonyl (C=O) groups excluding carboxylic acids is 1. The van der Waals surface area contributed by atoms with Crippen molar-refractivity contribution in [2.75, 3.05) is 7.05 Å².